The van der Waals surface area contributed by atoms with Crippen LogP contribution in [0, 0.1) is 11.8 Å². The molecule has 1 heterocycles. The monoisotopic (exact) mass is 431 g/mol. The number of sulfonamides is 1. The molecule has 1 aromatic carbocycles. The Bertz CT molecular complexity index is 1010. The summed E-state index contributed by atoms with van der Waals surface area (Å²) in [5.74, 6) is 4.94. The number of carbonyl (C=O) groups excluding carboxylic acids is 2. The van der Waals surface area contributed by atoms with Crippen LogP contribution in [0.5, 0.6) is 5.75 Å². The number of phenols is 1. The van der Waals surface area contributed by atoms with Crippen LogP contribution >= 0.6 is 0 Å². The van der Waals surface area contributed by atoms with Crippen molar-refractivity contribution in [2.75, 3.05) is 19.4 Å². The summed E-state index contributed by atoms with van der Waals surface area (Å²) in [7, 11) is -3.28. The Kier molecular flexibility index (Phi) is 8.84. The molecule has 1 aromatic rings. The Morgan fingerprint density at radius 1 is 1.17 bits per heavy atom. The molecule has 0 fully saturated rings. The van der Waals surface area contributed by atoms with E-state index < -0.39 is 16.0 Å². The van der Waals surface area contributed by atoms with Gasteiger partial charge in [0, 0.05) is 30.5 Å². The first-order chi connectivity index (χ1) is 14.3. The number of phenolic OH excluding ortho intramolecular Hbond substituents is 1. The van der Waals surface area contributed by atoms with E-state index in [0.29, 0.717) is 36.8 Å². The van der Waals surface area contributed by atoms with Gasteiger partial charge in [0.15, 0.2) is 5.78 Å². The van der Waals surface area contributed by atoms with Gasteiger partial charge in [-0.05, 0) is 37.5 Å². The molecule has 0 spiro atoms. The largest absolute Gasteiger partial charge is 0.507 e. The molecule has 0 aliphatic carbocycles. The number of nitrogens with one attached hydrogen (secondary N) is 1. The van der Waals surface area contributed by atoms with Gasteiger partial charge in [0.2, 0.25) is 10.0 Å². The fourth-order valence-electron chi connectivity index (χ4n) is 2.75. The van der Waals surface area contributed by atoms with Gasteiger partial charge >= 0.3 is 5.97 Å². The minimum atomic E-state index is -3.28. The second-order valence-electron chi connectivity index (χ2n) is 6.73. The summed E-state index contributed by atoms with van der Waals surface area (Å²) in [6.07, 6.45) is 10.2. The first-order valence-electron chi connectivity index (χ1n) is 9.60. The SMILES string of the molecule is CS(=O)(=O)NCCC#Cc1ccc(O)c2c1/C=C/CCCC(=O)/C=C\CCOC2=O. The lowest BCUT2D eigenvalue weighted by Gasteiger charge is -2.11. The second-order valence-corrected chi connectivity index (χ2v) is 8.56. The standard InChI is InChI=1S/C22H25NO6S/c1-30(27,28)23-15-7-5-9-17-13-14-20(25)21-19(17)12-4-2-3-10-18(24)11-6-8-16-29-22(21)26/h4,6,11-14,23,25H,2-3,7-8,10,15-16H2,1H3/b11-6-,12-4+. The van der Waals surface area contributed by atoms with E-state index >= 15 is 0 Å². The van der Waals surface area contributed by atoms with Crippen LogP contribution in [0.2, 0.25) is 0 Å². The Balaban J connectivity index is 2.32. The van der Waals surface area contributed by atoms with Gasteiger partial charge in [0.25, 0.3) is 0 Å². The summed E-state index contributed by atoms with van der Waals surface area (Å²) in [4.78, 5) is 24.3. The number of fused-ring (bicyclic) bond motifs is 1. The summed E-state index contributed by atoms with van der Waals surface area (Å²) in [5.41, 5.74) is 0.977. The molecule has 0 atom stereocenters. The predicted molar refractivity (Wildman–Crippen MR) is 114 cm³/mol. The maximum Gasteiger partial charge on any atom is 0.342 e. The summed E-state index contributed by atoms with van der Waals surface area (Å²) in [5, 5.41) is 10.3. The number of aromatic hydroxyl groups is 1. The molecule has 8 heteroatoms. The molecule has 7 nitrogen and oxygen atoms in total. The van der Waals surface area contributed by atoms with Crippen LogP contribution in [0.3, 0.4) is 0 Å². The molecule has 0 saturated heterocycles. The zero-order valence-electron chi connectivity index (χ0n) is 16.8. The van der Waals surface area contributed by atoms with Crippen molar-refractivity contribution in [1.82, 2.24) is 4.72 Å². The number of carbonyl (C=O) groups is 2. The van der Waals surface area contributed by atoms with E-state index in [4.69, 9.17) is 4.74 Å². The van der Waals surface area contributed by atoms with Gasteiger partial charge in [-0.3, -0.25) is 4.79 Å². The highest BCUT2D eigenvalue weighted by atomic mass is 32.2. The van der Waals surface area contributed by atoms with Gasteiger partial charge in [0.05, 0.1) is 12.9 Å². The van der Waals surface area contributed by atoms with Crippen molar-refractivity contribution in [3.63, 3.8) is 0 Å². The number of esters is 1. The molecular formula is C22H25NO6S. The van der Waals surface area contributed by atoms with E-state index in [-0.39, 0.29) is 36.7 Å². The van der Waals surface area contributed by atoms with E-state index in [1.165, 1.54) is 12.1 Å². The maximum absolute atomic E-state index is 12.6. The summed E-state index contributed by atoms with van der Waals surface area (Å²) in [6.45, 7) is 0.254. The van der Waals surface area contributed by atoms with Gasteiger partial charge < -0.3 is 9.84 Å². The van der Waals surface area contributed by atoms with E-state index in [1.807, 2.05) is 6.08 Å². The van der Waals surface area contributed by atoms with E-state index in [9.17, 15) is 23.1 Å². The van der Waals surface area contributed by atoms with Crippen LogP contribution < -0.4 is 4.72 Å². The fourth-order valence-corrected chi connectivity index (χ4v) is 3.22. The number of ether oxygens (including phenoxy) is 1. The molecule has 1 aliphatic rings. The highest BCUT2D eigenvalue weighted by molar-refractivity contribution is 7.88. The minimum absolute atomic E-state index is 0.0269. The van der Waals surface area contributed by atoms with Gasteiger partial charge in [-0.2, -0.15) is 0 Å². The summed E-state index contributed by atoms with van der Waals surface area (Å²) < 4.78 is 29.8. The van der Waals surface area contributed by atoms with E-state index in [1.54, 1.807) is 18.2 Å². The van der Waals surface area contributed by atoms with Crippen LogP contribution in [-0.2, 0) is 19.6 Å². The molecule has 2 N–H and O–H groups in total. The lowest BCUT2D eigenvalue weighted by atomic mass is 9.98. The first kappa shape index (κ1) is 23.4. The number of hydrogen-bond acceptors (Lipinski definition) is 6. The fraction of sp³-hybridized carbons (Fsp3) is 0.364. The number of benzene rings is 1. The topological polar surface area (TPSA) is 110 Å². The minimum Gasteiger partial charge on any atom is -0.507 e. The number of rotatable bonds is 3. The third-order valence-corrected chi connectivity index (χ3v) is 4.89. The van der Waals surface area contributed by atoms with Gasteiger partial charge in [-0.1, -0.05) is 30.1 Å². The molecule has 0 unspecified atom stereocenters. The van der Waals surface area contributed by atoms with Crippen LogP contribution in [-0.4, -0.2) is 44.7 Å². The molecule has 0 aromatic heterocycles. The highest BCUT2D eigenvalue weighted by Gasteiger charge is 2.19. The normalized spacial score (nSPS) is 17.6. The molecule has 0 amide bonds. The average molecular weight is 432 g/mol. The number of hydrogen-bond donors (Lipinski definition) is 2. The van der Waals surface area contributed by atoms with Crippen molar-refractivity contribution in [1.29, 1.82) is 0 Å². The van der Waals surface area contributed by atoms with Crippen molar-refractivity contribution in [3.05, 3.63) is 47.1 Å². The van der Waals surface area contributed by atoms with Crippen LogP contribution in [0.1, 0.15) is 53.6 Å². The number of cyclic esters (lactones) is 1. The Morgan fingerprint density at radius 3 is 2.70 bits per heavy atom. The third kappa shape index (κ3) is 7.85. The Morgan fingerprint density at radius 2 is 1.93 bits per heavy atom. The van der Waals surface area contributed by atoms with Crippen molar-refractivity contribution in [3.8, 4) is 17.6 Å². The molecule has 2 rings (SSSR count). The molecule has 160 valence electrons. The Labute approximate surface area is 176 Å². The van der Waals surface area contributed by atoms with Crippen LogP contribution in [0.4, 0.5) is 0 Å². The molecule has 0 saturated carbocycles. The molecular weight excluding hydrogens is 406 g/mol. The van der Waals surface area contributed by atoms with E-state index in [0.717, 1.165) is 6.26 Å². The van der Waals surface area contributed by atoms with Crippen molar-refractivity contribution >= 4 is 27.9 Å². The zero-order valence-corrected chi connectivity index (χ0v) is 17.6. The first-order valence-corrected chi connectivity index (χ1v) is 11.5. The highest BCUT2D eigenvalue weighted by Crippen LogP contribution is 2.27. The van der Waals surface area contributed by atoms with Gasteiger partial charge in [-0.15, -0.1) is 0 Å². The smallest absolute Gasteiger partial charge is 0.342 e. The maximum atomic E-state index is 12.6. The summed E-state index contributed by atoms with van der Waals surface area (Å²) in [6, 6.07) is 2.98. The Hall–Kier alpha value is -2.89. The third-order valence-electron chi connectivity index (χ3n) is 4.16. The molecule has 1 aliphatic heterocycles. The lowest BCUT2D eigenvalue weighted by Crippen LogP contribution is -2.22. The number of ketones is 1. The molecule has 0 bridgehead atoms. The van der Waals surface area contributed by atoms with Crippen molar-refractivity contribution in [2.45, 2.75) is 32.1 Å². The lowest BCUT2D eigenvalue weighted by molar-refractivity contribution is -0.114. The van der Waals surface area contributed by atoms with Crippen molar-refractivity contribution in [2.24, 2.45) is 0 Å². The summed E-state index contributed by atoms with van der Waals surface area (Å²) >= 11 is 0. The quantitative estimate of drug-likeness (QED) is 0.432. The molecule has 0 radical (unpaired) electrons. The number of allylic oxidation sites excluding steroid dienone is 2. The average Bonchev–Trinajstić information content (AvgIpc) is 2.67. The van der Waals surface area contributed by atoms with Gasteiger partial charge in [0.1, 0.15) is 11.3 Å². The molecule has 30 heavy (non-hydrogen) atoms. The predicted octanol–water partition coefficient (Wildman–Crippen LogP) is 2.55. The van der Waals surface area contributed by atoms with Gasteiger partial charge in [-0.25, -0.2) is 17.9 Å². The van der Waals surface area contributed by atoms with E-state index in [2.05, 4.69) is 16.6 Å². The van der Waals surface area contributed by atoms with Crippen molar-refractivity contribution < 1.29 is 27.9 Å². The second kappa shape index (κ2) is 11.3. The van der Waals surface area contributed by atoms with Crippen LogP contribution in [0.15, 0.2) is 30.4 Å². The van der Waals surface area contributed by atoms with Crippen LogP contribution in [0.25, 0.3) is 6.08 Å². The zero-order chi connectivity index (χ0) is 22.0.